The topological polar surface area (TPSA) is 12.0 Å². The normalized spacial score (nSPS) is 15.1. The van der Waals surface area contributed by atoms with Crippen LogP contribution in [0.3, 0.4) is 0 Å². The van der Waals surface area contributed by atoms with E-state index in [0.29, 0.717) is 12.1 Å². The molecule has 78 valence electrons. The van der Waals surface area contributed by atoms with Gasteiger partial charge in [-0.2, -0.15) is 0 Å². The second kappa shape index (κ2) is 5.52. The van der Waals surface area contributed by atoms with Crippen molar-refractivity contribution in [3.8, 4) is 0 Å². The molecule has 0 aliphatic rings. The lowest BCUT2D eigenvalue weighted by Crippen LogP contribution is -2.28. The fourth-order valence-electron chi connectivity index (χ4n) is 1.42. The average Bonchev–Trinajstić information content (AvgIpc) is 2.17. The summed E-state index contributed by atoms with van der Waals surface area (Å²) in [5.41, 5.74) is 1.33. The zero-order chi connectivity index (χ0) is 10.6. The van der Waals surface area contributed by atoms with Gasteiger partial charge in [-0.05, 0) is 38.0 Å². The summed E-state index contributed by atoms with van der Waals surface area (Å²) in [6.07, 6.45) is 1.17. The van der Waals surface area contributed by atoms with Crippen LogP contribution >= 0.6 is 15.9 Å². The van der Waals surface area contributed by atoms with E-state index in [4.69, 9.17) is 0 Å². The molecule has 0 amide bonds. The molecule has 1 nitrogen and oxygen atoms in total. The molecule has 0 saturated heterocycles. The van der Waals surface area contributed by atoms with Crippen molar-refractivity contribution >= 4 is 15.9 Å². The van der Waals surface area contributed by atoms with Crippen LogP contribution in [0.4, 0.5) is 0 Å². The molecule has 0 fully saturated rings. The summed E-state index contributed by atoms with van der Waals surface area (Å²) in [6.45, 7) is 6.62. The van der Waals surface area contributed by atoms with Crippen LogP contribution in [0, 0.1) is 0 Å². The summed E-state index contributed by atoms with van der Waals surface area (Å²) in [7, 11) is 0. The number of rotatable bonds is 4. The highest BCUT2D eigenvalue weighted by molar-refractivity contribution is 9.10. The molecule has 0 aliphatic heterocycles. The molecule has 0 bridgehead atoms. The first-order chi connectivity index (χ1) is 6.63. The van der Waals surface area contributed by atoms with Crippen LogP contribution in [0.2, 0.25) is 0 Å². The second-order valence-corrected chi connectivity index (χ2v) is 4.67. The van der Waals surface area contributed by atoms with Gasteiger partial charge < -0.3 is 5.32 Å². The van der Waals surface area contributed by atoms with E-state index in [1.165, 1.54) is 12.0 Å². The third-order valence-corrected chi connectivity index (χ3v) is 2.99. The first kappa shape index (κ1) is 11.7. The van der Waals surface area contributed by atoms with E-state index >= 15 is 0 Å². The Balaban J connectivity index is 2.64. The summed E-state index contributed by atoms with van der Waals surface area (Å²) in [5, 5.41) is 3.55. The number of benzene rings is 1. The van der Waals surface area contributed by atoms with Gasteiger partial charge in [-0.25, -0.2) is 0 Å². The largest absolute Gasteiger partial charge is 0.308 e. The quantitative estimate of drug-likeness (QED) is 0.861. The standard InChI is InChI=1S/C12H18BrN/c1-4-9(2)14-10(3)11-6-5-7-12(13)8-11/h5-10,14H,4H2,1-3H3/t9?,10-/m0/s1. The van der Waals surface area contributed by atoms with Crippen LogP contribution in [-0.4, -0.2) is 6.04 Å². The maximum atomic E-state index is 3.55. The van der Waals surface area contributed by atoms with Crippen LogP contribution in [0.5, 0.6) is 0 Å². The molecule has 14 heavy (non-hydrogen) atoms. The number of nitrogens with one attached hydrogen (secondary N) is 1. The molecule has 1 aromatic rings. The van der Waals surface area contributed by atoms with E-state index < -0.39 is 0 Å². The van der Waals surface area contributed by atoms with Crippen LogP contribution < -0.4 is 5.32 Å². The minimum absolute atomic E-state index is 0.419. The highest BCUT2D eigenvalue weighted by Gasteiger charge is 2.07. The van der Waals surface area contributed by atoms with Crippen molar-refractivity contribution in [2.75, 3.05) is 0 Å². The highest BCUT2D eigenvalue weighted by atomic mass is 79.9. The maximum Gasteiger partial charge on any atom is 0.0294 e. The van der Waals surface area contributed by atoms with Crippen molar-refractivity contribution in [2.45, 2.75) is 39.3 Å². The lowest BCUT2D eigenvalue weighted by molar-refractivity contribution is 0.469. The minimum Gasteiger partial charge on any atom is -0.308 e. The number of halogens is 1. The van der Waals surface area contributed by atoms with E-state index in [0.717, 1.165) is 4.47 Å². The average molecular weight is 256 g/mol. The Morgan fingerprint density at radius 3 is 2.64 bits per heavy atom. The van der Waals surface area contributed by atoms with Gasteiger partial charge in [0, 0.05) is 16.6 Å². The van der Waals surface area contributed by atoms with Gasteiger partial charge in [-0.1, -0.05) is 35.0 Å². The third-order valence-electron chi connectivity index (χ3n) is 2.50. The Morgan fingerprint density at radius 1 is 1.36 bits per heavy atom. The molecule has 0 heterocycles. The Kier molecular flexibility index (Phi) is 4.63. The highest BCUT2D eigenvalue weighted by Crippen LogP contribution is 2.18. The fourth-order valence-corrected chi connectivity index (χ4v) is 1.83. The minimum atomic E-state index is 0.419. The Hall–Kier alpha value is -0.340. The molecule has 1 unspecified atom stereocenters. The molecule has 0 aromatic heterocycles. The van der Waals surface area contributed by atoms with Gasteiger partial charge in [0.2, 0.25) is 0 Å². The summed E-state index contributed by atoms with van der Waals surface area (Å²) in [6, 6.07) is 9.45. The van der Waals surface area contributed by atoms with Crippen LogP contribution in [0.1, 0.15) is 38.8 Å². The van der Waals surface area contributed by atoms with Gasteiger partial charge in [0.25, 0.3) is 0 Å². The van der Waals surface area contributed by atoms with E-state index in [1.54, 1.807) is 0 Å². The van der Waals surface area contributed by atoms with Gasteiger partial charge in [0.05, 0.1) is 0 Å². The van der Waals surface area contributed by atoms with Crippen molar-refractivity contribution in [2.24, 2.45) is 0 Å². The maximum absolute atomic E-state index is 3.55. The molecular weight excluding hydrogens is 238 g/mol. The summed E-state index contributed by atoms with van der Waals surface area (Å²) < 4.78 is 1.15. The molecule has 0 saturated carbocycles. The zero-order valence-electron chi connectivity index (χ0n) is 9.05. The Bertz CT molecular complexity index is 285. The number of hydrogen-bond donors (Lipinski definition) is 1. The van der Waals surface area contributed by atoms with Crippen molar-refractivity contribution in [3.05, 3.63) is 34.3 Å². The molecule has 2 heteroatoms. The monoisotopic (exact) mass is 255 g/mol. The van der Waals surface area contributed by atoms with Gasteiger partial charge >= 0.3 is 0 Å². The summed E-state index contributed by atoms with van der Waals surface area (Å²) in [4.78, 5) is 0. The van der Waals surface area contributed by atoms with Crippen LogP contribution in [0.25, 0.3) is 0 Å². The predicted octanol–water partition coefficient (Wildman–Crippen LogP) is 3.90. The van der Waals surface area contributed by atoms with Crippen molar-refractivity contribution in [3.63, 3.8) is 0 Å². The lowest BCUT2D eigenvalue weighted by Gasteiger charge is -2.19. The first-order valence-corrected chi connectivity index (χ1v) is 5.94. The van der Waals surface area contributed by atoms with Crippen molar-refractivity contribution in [1.82, 2.24) is 5.32 Å². The zero-order valence-corrected chi connectivity index (χ0v) is 10.6. The molecule has 1 rings (SSSR count). The number of hydrogen-bond acceptors (Lipinski definition) is 1. The molecule has 0 spiro atoms. The lowest BCUT2D eigenvalue weighted by atomic mass is 10.1. The molecule has 0 radical (unpaired) electrons. The van der Waals surface area contributed by atoms with Crippen LogP contribution in [-0.2, 0) is 0 Å². The second-order valence-electron chi connectivity index (χ2n) is 3.75. The molecule has 1 N–H and O–H groups in total. The van der Waals surface area contributed by atoms with Gasteiger partial charge in [-0.15, -0.1) is 0 Å². The Morgan fingerprint density at radius 2 is 2.07 bits per heavy atom. The Labute approximate surface area is 95.0 Å². The molecular formula is C12H18BrN. The predicted molar refractivity (Wildman–Crippen MR) is 65.4 cm³/mol. The first-order valence-electron chi connectivity index (χ1n) is 5.15. The summed E-state index contributed by atoms with van der Waals surface area (Å²) in [5.74, 6) is 0. The van der Waals surface area contributed by atoms with Gasteiger partial charge in [-0.3, -0.25) is 0 Å². The van der Waals surface area contributed by atoms with E-state index in [1.807, 2.05) is 0 Å². The molecule has 2 atom stereocenters. The van der Waals surface area contributed by atoms with Gasteiger partial charge in [0.15, 0.2) is 0 Å². The van der Waals surface area contributed by atoms with E-state index in [9.17, 15) is 0 Å². The molecule has 1 aromatic carbocycles. The van der Waals surface area contributed by atoms with E-state index in [2.05, 4.69) is 66.3 Å². The summed E-state index contributed by atoms with van der Waals surface area (Å²) >= 11 is 3.49. The van der Waals surface area contributed by atoms with Crippen molar-refractivity contribution < 1.29 is 0 Å². The smallest absolute Gasteiger partial charge is 0.0294 e. The molecule has 0 aliphatic carbocycles. The van der Waals surface area contributed by atoms with E-state index in [-0.39, 0.29) is 0 Å². The fraction of sp³-hybridized carbons (Fsp3) is 0.500. The SMILES string of the molecule is CCC(C)N[C@@H](C)c1cccc(Br)c1. The van der Waals surface area contributed by atoms with Crippen LogP contribution in [0.15, 0.2) is 28.7 Å². The van der Waals surface area contributed by atoms with Gasteiger partial charge in [0.1, 0.15) is 0 Å². The van der Waals surface area contributed by atoms with Crippen molar-refractivity contribution in [1.29, 1.82) is 0 Å². The third kappa shape index (κ3) is 3.43.